The van der Waals surface area contributed by atoms with E-state index in [2.05, 4.69) is 5.32 Å². The molecule has 0 aliphatic heterocycles. The summed E-state index contributed by atoms with van der Waals surface area (Å²) in [7, 11) is 0. The lowest BCUT2D eigenvalue weighted by atomic mass is 9.99. The van der Waals surface area contributed by atoms with Gasteiger partial charge in [-0.25, -0.2) is 8.78 Å². The summed E-state index contributed by atoms with van der Waals surface area (Å²) in [6.07, 6.45) is 0.395. The molecule has 0 saturated carbocycles. The third kappa shape index (κ3) is 3.23. The number of hydrogen-bond acceptors (Lipinski definition) is 2. The standard InChI is InChI=1S/C12H15F2NO2/c1-3-12(2,11(16)17)15-7-8-4-5-9(13)10(14)6-8/h4-6,15H,3,7H2,1-2H3,(H,16,17). The molecule has 1 rings (SSSR count). The molecule has 2 N–H and O–H groups in total. The summed E-state index contributed by atoms with van der Waals surface area (Å²) >= 11 is 0. The molecule has 1 aromatic rings. The molecule has 0 saturated heterocycles. The van der Waals surface area contributed by atoms with E-state index in [1.54, 1.807) is 13.8 Å². The van der Waals surface area contributed by atoms with Gasteiger partial charge in [-0.2, -0.15) is 0 Å². The first kappa shape index (κ1) is 13.6. The fourth-order valence-electron chi connectivity index (χ4n) is 1.30. The second-order valence-corrected chi connectivity index (χ2v) is 4.09. The van der Waals surface area contributed by atoms with Gasteiger partial charge in [0.1, 0.15) is 5.54 Å². The second-order valence-electron chi connectivity index (χ2n) is 4.09. The summed E-state index contributed by atoms with van der Waals surface area (Å²) in [5.41, 5.74) is -0.560. The van der Waals surface area contributed by atoms with Gasteiger partial charge in [0.2, 0.25) is 0 Å². The van der Waals surface area contributed by atoms with Crippen molar-refractivity contribution in [1.29, 1.82) is 0 Å². The van der Waals surface area contributed by atoms with Crippen molar-refractivity contribution in [2.75, 3.05) is 0 Å². The van der Waals surface area contributed by atoms with Crippen LogP contribution in [-0.2, 0) is 11.3 Å². The average molecular weight is 243 g/mol. The molecule has 0 heterocycles. The highest BCUT2D eigenvalue weighted by Crippen LogP contribution is 2.13. The van der Waals surface area contributed by atoms with Gasteiger partial charge in [0.15, 0.2) is 11.6 Å². The van der Waals surface area contributed by atoms with E-state index in [0.29, 0.717) is 12.0 Å². The van der Waals surface area contributed by atoms with E-state index in [4.69, 9.17) is 5.11 Å². The number of aliphatic carboxylic acids is 1. The van der Waals surface area contributed by atoms with Crippen molar-refractivity contribution >= 4 is 5.97 Å². The Labute approximate surface area is 98.5 Å². The van der Waals surface area contributed by atoms with E-state index >= 15 is 0 Å². The SMILES string of the molecule is CCC(C)(NCc1ccc(F)c(F)c1)C(=O)O. The summed E-state index contributed by atoms with van der Waals surface area (Å²) in [6, 6.07) is 3.50. The van der Waals surface area contributed by atoms with Gasteiger partial charge in [0.25, 0.3) is 0 Å². The number of carbonyl (C=O) groups is 1. The summed E-state index contributed by atoms with van der Waals surface area (Å²) < 4.78 is 25.6. The molecule has 3 nitrogen and oxygen atoms in total. The van der Waals surface area contributed by atoms with Crippen LogP contribution in [0.25, 0.3) is 0 Å². The zero-order valence-electron chi connectivity index (χ0n) is 9.76. The zero-order valence-corrected chi connectivity index (χ0v) is 9.76. The molecule has 0 aliphatic carbocycles. The molecule has 94 valence electrons. The minimum atomic E-state index is -1.06. The van der Waals surface area contributed by atoms with Crippen LogP contribution in [0.4, 0.5) is 8.78 Å². The molecule has 0 bridgehead atoms. The Morgan fingerprint density at radius 2 is 2.06 bits per heavy atom. The van der Waals surface area contributed by atoms with Gasteiger partial charge in [0, 0.05) is 6.54 Å². The number of benzene rings is 1. The Morgan fingerprint density at radius 1 is 1.41 bits per heavy atom. The van der Waals surface area contributed by atoms with Crippen molar-refractivity contribution < 1.29 is 18.7 Å². The Balaban J connectivity index is 2.73. The molecular weight excluding hydrogens is 228 g/mol. The van der Waals surface area contributed by atoms with Crippen molar-refractivity contribution in [3.8, 4) is 0 Å². The third-order valence-corrected chi connectivity index (χ3v) is 2.85. The van der Waals surface area contributed by atoms with Crippen molar-refractivity contribution in [2.45, 2.75) is 32.4 Å². The van der Waals surface area contributed by atoms with E-state index in [1.165, 1.54) is 6.07 Å². The molecule has 0 fully saturated rings. The Bertz CT molecular complexity index is 423. The molecule has 5 heteroatoms. The highest BCUT2D eigenvalue weighted by Gasteiger charge is 2.30. The Hall–Kier alpha value is -1.49. The fourth-order valence-corrected chi connectivity index (χ4v) is 1.30. The third-order valence-electron chi connectivity index (χ3n) is 2.85. The fraction of sp³-hybridized carbons (Fsp3) is 0.417. The first-order valence-corrected chi connectivity index (χ1v) is 5.31. The van der Waals surface area contributed by atoms with Gasteiger partial charge in [-0.05, 0) is 31.0 Å². The average Bonchev–Trinajstić information content (AvgIpc) is 2.30. The predicted molar refractivity (Wildman–Crippen MR) is 59.5 cm³/mol. The van der Waals surface area contributed by atoms with E-state index in [1.807, 2.05) is 0 Å². The smallest absolute Gasteiger partial charge is 0.323 e. The molecule has 17 heavy (non-hydrogen) atoms. The molecule has 0 radical (unpaired) electrons. The predicted octanol–water partition coefficient (Wildman–Crippen LogP) is 2.31. The lowest BCUT2D eigenvalue weighted by Gasteiger charge is -2.24. The second kappa shape index (κ2) is 5.23. The van der Waals surface area contributed by atoms with Crippen LogP contribution in [0.1, 0.15) is 25.8 Å². The summed E-state index contributed by atoms with van der Waals surface area (Å²) in [5.74, 6) is -2.81. The number of rotatable bonds is 5. The summed E-state index contributed by atoms with van der Waals surface area (Å²) in [6.45, 7) is 3.47. The van der Waals surface area contributed by atoms with Gasteiger partial charge >= 0.3 is 5.97 Å². The highest BCUT2D eigenvalue weighted by atomic mass is 19.2. The lowest BCUT2D eigenvalue weighted by Crippen LogP contribution is -2.48. The van der Waals surface area contributed by atoms with Gasteiger partial charge < -0.3 is 5.11 Å². The van der Waals surface area contributed by atoms with Crippen molar-refractivity contribution in [3.05, 3.63) is 35.4 Å². The molecule has 1 aromatic carbocycles. The molecule has 1 atom stereocenters. The number of carboxylic acid groups (broad SMARTS) is 1. The van der Waals surface area contributed by atoms with Crippen molar-refractivity contribution in [1.82, 2.24) is 5.32 Å². The Morgan fingerprint density at radius 3 is 2.53 bits per heavy atom. The zero-order chi connectivity index (χ0) is 13.1. The van der Waals surface area contributed by atoms with Crippen LogP contribution in [-0.4, -0.2) is 16.6 Å². The van der Waals surface area contributed by atoms with E-state index < -0.39 is 23.1 Å². The van der Waals surface area contributed by atoms with Crippen molar-refractivity contribution in [2.24, 2.45) is 0 Å². The van der Waals surface area contributed by atoms with Gasteiger partial charge in [-0.15, -0.1) is 0 Å². The number of carboxylic acids is 1. The van der Waals surface area contributed by atoms with Crippen molar-refractivity contribution in [3.63, 3.8) is 0 Å². The summed E-state index contributed by atoms with van der Waals surface area (Å²) in [5, 5.41) is 11.8. The first-order chi connectivity index (χ1) is 7.89. The van der Waals surface area contributed by atoms with Gasteiger partial charge in [0.05, 0.1) is 0 Å². The molecule has 0 amide bonds. The van der Waals surface area contributed by atoms with E-state index in [9.17, 15) is 13.6 Å². The maximum Gasteiger partial charge on any atom is 0.323 e. The van der Waals surface area contributed by atoms with Crippen LogP contribution in [0.2, 0.25) is 0 Å². The van der Waals surface area contributed by atoms with Crippen LogP contribution in [0.5, 0.6) is 0 Å². The van der Waals surface area contributed by atoms with Crippen LogP contribution < -0.4 is 5.32 Å². The van der Waals surface area contributed by atoms with Gasteiger partial charge in [-0.3, -0.25) is 10.1 Å². The minimum absolute atomic E-state index is 0.174. The number of hydrogen-bond donors (Lipinski definition) is 2. The molecule has 0 aliphatic rings. The minimum Gasteiger partial charge on any atom is -0.480 e. The monoisotopic (exact) mass is 243 g/mol. The van der Waals surface area contributed by atoms with Crippen LogP contribution in [0.15, 0.2) is 18.2 Å². The van der Waals surface area contributed by atoms with Crippen LogP contribution in [0, 0.1) is 11.6 Å². The number of halogens is 2. The highest BCUT2D eigenvalue weighted by molar-refractivity contribution is 5.78. The molecule has 0 spiro atoms. The maximum absolute atomic E-state index is 12.9. The molecular formula is C12H15F2NO2. The van der Waals surface area contributed by atoms with Gasteiger partial charge in [-0.1, -0.05) is 13.0 Å². The normalized spacial score (nSPS) is 14.4. The molecule has 1 unspecified atom stereocenters. The lowest BCUT2D eigenvalue weighted by molar-refractivity contribution is -0.144. The van der Waals surface area contributed by atoms with E-state index in [-0.39, 0.29) is 6.54 Å². The molecule has 0 aromatic heterocycles. The van der Waals surface area contributed by atoms with E-state index in [0.717, 1.165) is 12.1 Å². The first-order valence-electron chi connectivity index (χ1n) is 5.31. The maximum atomic E-state index is 12.9. The Kier molecular flexibility index (Phi) is 4.17. The number of nitrogens with one attached hydrogen (secondary N) is 1. The summed E-state index contributed by atoms with van der Waals surface area (Å²) in [4.78, 5) is 11.0. The van der Waals surface area contributed by atoms with Crippen LogP contribution in [0.3, 0.4) is 0 Å². The largest absolute Gasteiger partial charge is 0.480 e. The topological polar surface area (TPSA) is 49.3 Å². The quantitative estimate of drug-likeness (QED) is 0.834. The van der Waals surface area contributed by atoms with Crippen LogP contribution >= 0.6 is 0 Å².